The summed E-state index contributed by atoms with van der Waals surface area (Å²) in [4.78, 5) is 12.9. The van der Waals surface area contributed by atoms with Gasteiger partial charge in [0.1, 0.15) is 5.69 Å². The van der Waals surface area contributed by atoms with Crippen LogP contribution in [0.25, 0.3) is 0 Å². The number of amides is 1. The minimum absolute atomic E-state index is 0.0272. The number of nitrogens with zero attached hydrogens (tertiary/aromatic N) is 1. The average Bonchev–Trinajstić information content (AvgIpc) is 2.46. The maximum atomic E-state index is 14.2. The number of halogens is 2. The molecule has 1 aliphatic heterocycles. The van der Waals surface area contributed by atoms with E-state index >= 15 is 0 Å². The third-order valence-electron chi connectivity index (χ3n) is 3.47. The normalized spacial score (nSPS) is 17.0. The summed E-state index contributed by atoms with van der Waals surface area (Å²) in [6.45, 7) is 3.97. The van der Waals surface area contributed by atoms with Crippen LogP contribution in [-0.2, 0) is 14.6 Å². The van der Waals surface area contributed by atoms with Crippen molar-refractivity contribution < 1.29 is 26.7 Å². The van der Waals surface area contributed by atoms with Gasteiger partial charge in [-0.05, 0) is 18.1 Å². The van der Waals surface area contributed by atoms with Gasteiger partial charge in [0.25, 0.3) is 0 Å². The van der Waals surface area contributed by atoms with Crippen molar-refractivity contribution in [1.29, 1.82) is 0 Å². The second-order valence-corrected chi connectivity index (χ2v) is 8.35. The Balaban J connectivity index is 2.10. The number of anilines is 2. The third-order valence-corrected chi connectivity index (χ3v) is 5.08. The zero-order valence-corrected chi connectivity index (χ0v) is 14.3. The van der Waals surface area contributed by atoms with E-state index in [1.165, 1.54) is 4.90 Å². The quantitative estimate of drug-likeness (QED) is 0.890. The molecule has 1 saturated heterocycles. The predicted molar refractivity (Wildman–Crippen MR) is 87.0 cm³/mol. The van der Waals surface area contributed by atoms with Crippen LogP contribution in [0.4, 0.5) is 25.0 Å². The molecule has 9 heteroatoms. The molecule has 0 radical (unpaired) electrons. The summed E-state index contributed by atoms with van der Waals surface area (Å²) in [5, 5.41) is 2.27. The highest BCUT2D eigenvalue weighted by Crippen LogP contribution is 2.28. The van der Waals surface area contributed by atoms with Crippen molar-refractivity contribution in [2.45, 2.75) is 13.8 Å². The molecule has 1 aromatic carbocycles. The van der Waals surface area contributed by atoms with E-state index in [1.54, 1.807) is 0 Å². The number of carbonyl (C=O) groups excluding carboxylic acids is 1. The molecule has 0 aliphatic carbocycles. The van der Waals surface area contributed by atoms with Gasteiger partial charge >= 0.3 is 6.09 Å². The molecule has 0 bridgehead atoms. The molecule has 0 spiro atoms. The second kappa shape index (κ2) is 7.33. The first kappa shape index (κ1) is 18.4. The lowest BCUT2D eigenvalue weighted by Gasteiger charge is -2.29. The fourth-order valence-corrected chi connectivity index (χ4v) is 3.47. The molecule has 1 N–H and O–H groups in total. The van der Waals surface area contributed by atoms with Crippen LogP contribution >= 0.6 is 0 Å². The summed E-state index contributed by atoms with van der Waals surface area (Å²) in [6.07, 6.45) is -0.792. The number of sulfone groups is 1. The molecule has 24 heavy (non-hydrogen) atoms. The van der Waals surface area contributed by atoms with E-state index < -0.39 is 27.6 Å². The number of ether oxygens (including phenoxy) is 1. The maximum Gasteiger partial charge on any atom is 0.411 e. The van der Waals surface area contributed by atoms with Crippen LogP contribution in [0.15, 0.2) is 12.1 Å². The molecule has 1 aromatic rings. The number of hydrogen-bond donors (Lipinski definition) is 1. The van der Waals surface area contributed by atoms with Crippen molar-refractivity contribution in [3.05, 3.63) is 23.8 Å². The molecular formula is C15H20F2N2O4S. The van der Waals surface area contributed by atoms with E-state index in [0.717, 1.165) is 12.1 Å². The van der Waals surface area contributed by atoms with E-state index in [2.05, 4.69) is 5.32 Å². The first-order valence-corrected chi connectivity index (χ1v) is 9.38. The van der Waals surface area contributed by atoms with Gasteiger partial charge in [-0.15, -0.1) is 0 Å². The van der Waals surface area contributed by atoms with Gasteiger partial charge in [0, 0.05) is 18.8 Å². The van der Waals surface area contributed by atoms with Gasteiger partial charge in [0.2, 0.25) is 0 Å². The summed E-state index contributed by atoms with van der Waals surface area (Å²) >= 11 is 0. The second-order valence-electron chi connectivity index (χ2n) is 6.04. The van der Waals surface area contributed by atoms with E-state index in [1.807, 2.05) is 13.8 Å². The lowest BCUT2D eigenvalue weighted by molar-refractivity contribution is 0.147. The molecule has 1 amide bonds. The molecule has 0 saturated carbocycles. The molecule has 2 rings (SSSR count). The maximum absolute atomic E-state index is 14.2. The summed E-state index contributed by atoms with van der Waals surface area (Å²) in [7, 11) is -3.15. The topological polar surface area (TPSA) is 75.7 Å². The zero-order chi connectivity index (χ0) is 17.9. The monoisotopic (exact) mass is 362 g/mol. The van der Waals surface area contributed by atoms with Crippen molar-refractivity contribution >= 4 is 27.3 Å². The Morgan fingerprint density at radius 1 is 1.25 bits per heavy atom. The van der Waals surface area contributed by atoms with Crippen molar-refractivity contribution in [3.63, 3.8) is 0 Å². The minimum atomic E-state index is -3.15. The Hall–Kier alpha value is -1.90. The van der Waals surface area contributed by atoms with Crippen LogP contribution in [-0.4, -0.2) is 45.7 Å². The fraction of sp³-hybridized carbons (Fsp3) is 0.533. The van der Waals surface area contributed by atoms with Crippen molar-refractivity contribution in [1.82, 2.24) is 0 Å². The molecule has 6 nitrogen and oxygen atoms in total. The standard InChI is InChI=1S/C15H20F2N2O4S/c1-10(2)9-23-15(20)18-11-7-12(16)14(13(17)8-11)19-3-5-24(21,22)6-4-19/h7-8,10H,3-6,9H2,1-2H3,(H,18,20). The van der Waals surface area contributed by atoms with Crippen molar-refractivity contribution in [2.24, 2.45) is 5.92 Å². The summed E-state index contributed by atoms with van der Waals surface area (Å²) < 4.78 is 56.2. The Kier molecular flexibility index (Phi) is 5.63. The van der Waals surface area contributed by atoms with Gasteiger partial charge in [0.15, 0.2) is 21.5 Å². The highest BCUT2D eigenvalue weighted by atomic mass is 32.2. The van der Waals surface area contributed by atoms with Crippen LogP contribution < -0.4 is 10.2 Å². The van der Waals surface area contributed by atoms with Crippen LogP contribution in [0.2, 0.25) is 0 Å². The van der Waals surface area contributed by atoms with Gasteiger partial charge in [-0.3, -0.25) is 5.32 Å². The molecule has 1 heterocycles. The minimum Gasteiger partial charge on any atom is -0.449 e. The molecule has 0 unspecified atom stereocenters. The van der Waals surface area contributed by atoms with Gasteiger partial charge in [-0.1, -0.05) is 13.8 Å². The SMILES string of the molecule is CC(C)COC(=O)Nc1cc(F)c(N2CCS(=O)(=O)CC2)c(F)c1. The van der Waals surface area contributed by atoms with Gasteiger partial charge < -0.3 is 9.64 Å². The Bertz CT molecular complexity index is 685. The first-order chi connectivity index (χ1) is 11.2. The average molecular weight is 362 g/mol. The number of hydrogen-bond acceptors (Lipinski definition) is 5. The van der Waals surface area contributed by atoms with Crippen LogP contribution in [0.5, 0.6) is 0 Å². The molecule has 1 fully saturated rings. The fourth-order valence-electron chi connectivity index (χ4n) is 2.27. The Morgan fingerprint density at radius 2 is 1.79 bits per heavy atom. The molecule has 0 atom stereocenters. The van der Waals surface area contributed by atoms with Crippen molar-refractivity contribution in [3.8, 4) is 0 Å². The molecule has 0 aromatic heterocycles. The zero-order valence-electron chi connectivity index (χ0n) is 13.5. The van der Waals surface area contributed by atoms with E-state index in [9.17, 15) is 22.0 Å². The van der Waals surface area contributed by atoms with Crippen LogP contribution in [0.3, 0.4) is 0 Å². The molecule has 134 valence electrons. The van der Waals surface area contributed by atoms with Gasteiger partial charge in [-0.25, -0.2) is 22.0 Å². The number of benzene rings is 1. The van der Waals surface area contributed by atoms with Crippen molar-refractivity contribution in [2.75, 3.05) is 41.4 Å². The lowest BCUT2D eigenvalue weighted by Crippen LogP contribution is -2.41. The largest absolute Gasteiger partial charge is 0.449 e. The Morgan fingerprint density at radius 3 is 2.29 bits per heavy atom. The smallest absolute Gasteiger partial charge is 0.411 e. The van der Waals surface area contributed by atoms with E-state index in [0.29, 0.717) is 0 Å². The number of nitrogens with one attached hydrogen (secondary N) is 1. The Labute approximate surface area is 139 Å². The first-order valence-electron chi connectivity index (χ1n) is 7.56. The third kappa shape index (κ3) is 4.80. The lowest BCUT2D eigenvalue weighted by atomic mass is 10.2. The van der Waals surface area contributed by atoms with Crippen LogP contribution in [0.1, 0.15) is 13.8 Å². The van der Waals surface area contributed by atoms with Gasteiger partial charge in [-0.2, -0.15) is 0 Å². The number of rotatable bonds is 4. The highest BCUT2D eigenvalue weighted by molar-refractivity contribution is 7.91. The molecule has 1 aliphatic rings. The predicted octanol–water partition coefficient (Wildman–Crippen LogP) is 2.40. The number of carbonyl (C=O) groups is 1. The van der Waals surface area contributed by atoms with Gasteiger partial charge in [0.05, 0.1) is 18.1 Å². The van der Waals surface area contributed by atoms with E-state index in [-0.39, 0.29) is 48.5 Å². The summed E-state index contributed by atoms with van der Waals surface area (Å²) in [6, 6.07) is 1.97. The van der Waals surface area contributed by atoms with Crippen LogP contribution in [0, 0.1) is 17.6 Å². The summed E-state index contributed by atoms with van der Waals surface area (Å²) in [5.74, 6) is -1.88. The molecular weight excluding hydrogens is 342 g/mol. The van der Waals surface area contributed by atoms with E-state index in [4.69, 9.17) is 4.74 Å². The highest BCUT2D eigenvalue weighted by Gasteiger charge is 2.26. The summed E-state index contributed by atoms with van der Waals surface area (Å²) in [5.41, 5.74) is -0.349.